The molecule has 0 saturated heterocycles. The summed E-state index contributed by atoms with van der Waals surface area (Å²) in [6.45, 7) is 7.44. The molecule has 88 valence electrons. The molecular weight excluding hydrogens is 202 g/mol. The fourth-order valence-electron chi connectivity index (χ4n) is 1.82. The highest BCUT2D eigenvalue weighted by molar-refractivity contribution is 5.50. The van der Waals surface area contributed by atoms with Gasteiger partial charge < -0.3 is 15.2 Å². The molecule has 0 aromatic heterocycles. The summed E-state index contributed by atoms with van der Waals surface area (Å²) in [5.41, 5.74) is 7.92. The Labute approximate surface area is 96.5 Å². The minimum Gasteiger partial charge on any atom is -0.490 e. The van der Waals surface area contributed by atoms with Crippen LogP contribution in [-0.2, 0) is 5.54 Å². The number of nitrogens with two attached hydrogens (primary N) is 1. The van der Waals surface area contributed by atoms with Gasteiger partial charge in [0.15, 0.2) is 11.5 Å². The molecule has 3 heteroatoms. The van der Waals surface area contributed by atoms with Gasteiger partial charge in [-0.15, -0.1) is 0 Å². The Balaban J connectivity index is 2.48. The summed E-state index contributed by atoms with van der Waals surface area (Å²) in [6, 6.07) is 4.07. The van der Waals surface area contributed by atoms with Crippen LogP contribution in [0.3, 0.4) is 0 Å². The van der Waals surface area contributed by atoms with Gasteiger partial charge in [0.1, 0.15) is 0 Å². The van der Waals surface area contributed by atoms with Gasteiger partial charge in [-0.1, -0.05) is 6.07 Å². The van der Waals surface area contributed by atoms with Crippen LogP contribution in [0.15, 0.2) is 12.1 Å². The van der Waals surface area contributed by atoms with Gasteiger partial charge in [-0.05, 0) is 38.0 Å². The standard InChI is InChI=1S/C13H19NO2/c1-9-7-10(13(2,3)14)8-11-12(9)16-6-4-5-15-11/h7-8H,4-6,14H2,1-3H3. The van der Waals surface area contributed by atoms with E-state index in [0.29, 0.717) is 6.61 Å². The fraction of sp³-hybridized carbons (Fsp3) is 0.538. The molecule has 0 bridgehead atoms. The van der Waals surface area contributed by atoms with Crippen LogP contribution in [0.4, 0.5) is 0 Å². The number of fused-ring (bicyclic) bond motifs is 1. The van der Waals surface area contributed by atoms with Gasteiger partial charge in [0.25, 0.3) is 0 Å². The van der Waals surface area contributed by atoms with E-state index in [1.165, 1.54) is 0 Å². The van der Waals surface area contributed by atoms with Crippen molar-refractivity contribution in [3.05, 3.63) is 23.3 Å². The van der Waals surface area contributed by atoms with E-state index in [2.05, 4.69) is 6.07 Å². The molecule has 1 heterocycles. The Morgan fingerprint density at radius 1 is 1.19 bits per heavy atom. The Hall–Kier alpha value is -1.22. The zero-order valence-corrected chi connectivity index (χ0v) is 10.2. The number of rotatable bonds is 1. The molecule has 0 radical (unpaired) electrons. The number of aryl methyl sites for hydroxylation is 1. The molecule has 0 aliphatic carbocycles. The van der Waals surface area contributed by atoms with Crippen molar-refractivity contribution in [3.8, 4) is 11.5 Å². The van der Waals surface area contributed by atoms with Crippen molar-refractivity contribution >= 4 is 0 Å². The monoisotopic (exact) mass is 221 g/mol. The van der Waals surface area contributed by atoms with Gasteiger partial charge in [0.2, 0.25) is 0 Å². The van der Waals surface area contributed by atoms with Gasteiger partial charge in [-0.25, -0.2) is 0 Å². The largest absolute Gasteiger partial charge is 0.490 e. The second kappa shape index (κ2) is 3.98. The fourth-order valence-corrected chi connectivity index (χ4v) is 1.82. The lowest BCUT2D eigenvalue weighted by Crippen LogP contribution is -2.28. The third kappa shape index (κ3) is 2.14. The first kappa shape index (κ1) is 11.3. The van der Waals surface area contributed by atoms with Gasteiger partial charge >= 0.3 is 0 Å². The van der Waals surface area contributed by atoms with Crippen molar-refractivity contribution in [1.82, 2.24) is 0 Å². The molecule has 0 unspecified atom stereocenters. The van der Waals surface area contributed by atoms with E-state index in [1.807, 2.05) is 26.8 Å². The number of hydrogen-bond donors (Lipinski definition) is 1. The first-order valence-corrected chi connectivity index (χ1v) is 5.68. The minimum absolute atomic E-state index is 0.352. The van der Waals surface area contributed by atoms with Crippen molar-refractivity contribution in [1.29, 1.82) is 0 Å². The van der Waals surface area contributed by atoms with Crippen LogP contribution in [0.5, 0.6) is 11.5 Å². The highest BCUT2D eigenvalue weighted by Gasteiger charge is 2.20. The van der Waals surface area contributed by atoms with Crippen LogP contribution >= 0.6 is 0 Å². The normalized spacial score (nSPS) is 15.8. The maximum absolute atomic E-state index is 6.10. The molecule has 0 amide bonds. The second-order valence-electron chi connectivity index (χ2n) is 4.89. The molecule has 2 N–H and O–H groups in total. The summed E-state index contributed by atoms with van der Waals surface area (Å²) < 4.78 is 11.4. The van der Waals surface area contributed by atoms with Gasteiger partial charge in [-0.3, -0.25) is 0 Å². The zero-order chi connectivity index (χ0) is 11.8. The molecule has 1 aliphatic heterocycles. The van der Waals surface area contributed by atoms with Crippen LogP contribution in [0.25, 0.3) is 0 Å². The molecule has 1 aromatic carbocycles. The van der Waals surface area contributed by atoms with Crippen LogP contribution in [0.2, 0.25) is 0 Å². The zero-order valence-electron chi connectivity index (χ0n) is 10.2. The molecule has 1 aliphatic rings. The lowest BCUT2D eigenvalue weighted by Gasteiger charge is -2.22. The maximum Gasteiger partial charge on any atom is 0.164 e. The van der Waals surface area contributed by atoms with Crippen molar-refractivity contribution in [2.45, 2.75) is 32.7 Å². The summed E-state index contributed by atoms with van der Waals surface area (Å²) in [4.78, 5) is 0. The predicted octanol–water partition coefficient (Wildman–Crippen LogP) is 2.35. The Morgan fingerprint density at radius 2 is 1.88 bits per heavy atom. The first-order chi connectivity index (χ1) is 7.48. The molecule has 2 rings (SSSR count). The lowest BCUT2D eigenvalue weighted by atomic mass is 9.93. The molecule has 3 nitrogen and oxygen atoms in total. The topological polar surface area (TPSA) is 44.5 Å². The summed E-state index contributed by atoms with van der Waals surface area (Å²) in [6.07, 6.45) is 0.926. The van der Waals surface area contributed by atoms with Gasteiger partial charge in [-0.2, -0.15) is 0 Å². The molecule has 0 saturated carbocycles. The average molecular weight is 221 g/mol. The van der Waals surface area contributed by atoms with Crippen LogP contribution < -0.4 is 15.2 Å². The van der Waals surface area contributed by atoms with Crippen LogP contribution in [-0.4, -0.2) is 13.2 Å². The summed E-state index contributed by atoms with van der Waals surface area (Å²) in [7, 11) is 0. The van der Waals surface area contributed by atoms with E-state index in [1.54, 1.807) is 0 Å². The smallest absolute Gasteiger partial charge is 0.164 e. The Morgan fingerprint density at radius 3 is 2.56 bits per heavy atom. The summed E-state index contributed by atoms with van der Waals surface area (Å²) >= 11 is 0. The summed E-state index contributed by atoms with van der Waals surface area (Å²) in [5.74, 6) is 1.69. The number of benzene rings is 1. The Bertz CT molecular complexity index is 394. The molecular formula is C13H19NO2. The number of ether oxygens (including phenoxy) is 2. The molecule has 0 spiro atoms. The highest BCUT2D eigenvalue weighted by Crippen LogP contribution is 2.36. The quantitative estimate of drug-likeness (QED) is 0.791. The van der Waals surface area contributed by atoms with E-state index in [9.17, 15) is 0 Å². The number of hydrogen-bond acceptors (Lipinski definition) is 3. The van der Waals surface area contributed by atoms with E-state index in [-0.39, 0.29) is 5.54 Å². The van der Waals surface area contributed by atoms with E-state index >= 15 is 0 Å². The van der Waals surface area contributed by atoms with E-state index in [4.69, 9.17) is 15.2 Å². The van der Waals surface area contributed by atoms with Crippen molar-refractivity contribution < 1.29 is 9.47 Å². The molecule has 16 heavy (non-hydrogen) atoms. The average Bonchev–Trinajstić information content (AvgIpc) is 2.41. The SMILES string of the molecule is Cc1cc(C(C)(C)N)cc2c1OCCCO2. The third-order valence-electron chi connectivity index (χ3n) is 2.78. The van der Waals surface area contributed by atoms with Gasteiger partial charge in [0, 0.05) is 12.0 Å². The summed E-state index contributed by atoms with van der Waals surface area (Å²) in [5, 5.41) is 0. The van der Waals surface area contributed by atoms with Crippen molar-refractivity contribution in [2.24, 2.45) is 5.73 Å². The van der Waals surface area contributed by atoms with E-state index < -0.39 is 0 Å². The molecule has 0 atom stereocenters. The minimum atomic E-state index is -0.352. The van der Waals surface area contributed by atoms with Gasteiger partial charge in [0.05, 0.1) is 13.2 Å². The van der Waals surface area contributed by atoms with Crippen molar-refractivity contribution in [2.75, 3.05) is 13.2 Å². The highest BCUT2D eigenvalue weighted by atomic mass is 16.5. The third-order valence-corrected chi connectivity index (χ3v) is 2.78. The van der Waals surface area contributed by atoms with Crippen LogP contribution in [0.1, 0.15) is 31.4 Å². The second-order valence-corrected chi connectivity index (χ2v) is 4.89. The first-order valence-electron chi connectivity index (χ1n) is 5.68. The predicted molar refractivity (Wildman–Crippen MR) is 64.0 cm³/mol. The molecule has 0 fully saturated rings. The Kier molecular flexibility index (Phi) is 2.80. The lowest BCUT2D eigenvalue weighted by molar-refractivity contribution is 0.296. The maximum atomic E-state index is 6.10. The van der Waals surface area contributed by atoms with E-state index in [0.717, 1.165) is 35.7 Å². The molecule has 1 aromatic rings. The van der Waals surface area contributed by atoms with Crippen molar-refractivity contribution in [3.63, 3.8) is 0 Å². The van der Waals surface area contributed by atoms with Crippen LogP contribution in [0, 0.1) is 6.92 Å².